The van der Waals surface area contributed by atoms with Crippen LogP contribution in [0.3, 0.4) is 0 Å². The van der Waals surface area contributed by atoms with E-state index in [-0.39, 0.29) is 5.82 Å². The molecule has 2 aromatic rings. The average Bonchev–Trinajstić information content (AvgIpc) is 2.75. The lowest BCUT2D eigenvalue weighted by molar-refractivity contribution is 0.153. The van der Waals surface area contributed by atoms with Crippen LogP contribution in [0.15, 0.2) is 24.3 Å². The van der Waals surface area contributed by atoms with Gasteiger partial charge in [-0.05, 0) is 30.5 Å². The van der Waals surface area contributed by atoms with Gasteiger partial charge in [-0.15, -0.1) is 5.10 Å². The molecule has 0 aliphatic carbocycles. The molecule has 0 saturated carbocycles. The van der Waals surface area contributed by atoms with Crippen LogP contribution in [0, 0.1) is 0 Å². The van der Waals surface area contributed by atoms with Gasteiger partial charge in [0.15, 0.2) is 5.82 Å². The monoisotopic (exact) mass is 263 g/mol. The zero-order valence-electron chi connectivity index (χ0n) is 11.0. The van der Waals surface area contributed by atoms with Gasteiger partial charge in [-0.1, -0.05) is 4.85 Å². The molecule has 102 valence electrons. The molecule has 0 atom stereocenters. The second-order valence-corrected chi connectivity index (χ2v) is 4.17. The molecule has 0 aliphatic rings. The van der Waals surface area contributed by atoms with Gasteiger partial charge in [0, 0.05) is 12.1 Å². The summed E-state index contributed by atoms with van der Waals surface area (Å²) in [5.74, 6) is 1.74. The number of nitrogen functional groups attached to an aromatic ring is 1. The molecule has 0 spiro atoms. The molecule has 0 amide bonds. The second-order valence-electron chi connectivity index (χ2n) is 4.17. The van der Waals surface area contributed by atoms with Crippen molar-refractivity contribution in [3.05, 3.63) is 35.5 Å². The number of ether oxygens (including phenoxy) is 2. The largest absolute Gasteiger partial charge is 0.497 e. The van der Waals surface area contributed by atoms with Crippen molar-refractivity contribution in [2.45, 2.75) is 12.8 Å². The average molecular weight is 263 g/mol. The van der Waals surface area contributed by atoms with Crippen molar-refractivity contribution in [2.75, 3.05) is 20.0 Å². The summed E-state index contributed by atoms with van der Waals surface area (Å²) in [6.07, 6.45) is 1.43. The number of aromatic nitrogens is 2. The first-order chi connectivity index (χ1) is 9.12. The molecule has 1 heterocycles. The van der Waals surface area contributed by atoms with Crippen molar-refractivity contribution in [3.8, 4) is 11.5 Å². The molecule has 6 nitrogen and oxygen atoms in total. The Bertz CT molecular complexity index is 525. The third-order valence-corrected chi connectivity index (χ3v) is 2.85. The molecule has 1 aromatic carbocycles. The first kappa shape index (κ1) is 13.1. The summed E-state index contributed by atoms with van der Waals surface area (Å²) in [5.41, 5.74) is 7.32. The second kappa shape index (κ2) is 5.51. The fourth-order valence-corrected chi connectivity index (χ4v) is 1.84. The predicted octanol–water partition coefficient (Wildman–Crippen LogP) is 1.50. The van der Waals surface area contributed by atoms with Gasteiger partial charge in [0.25, 0.3) is 0 Å². The highest BCUT2D eigenvalue weighted by Crippen LogP contribution is 2.23. The highest BCUT2D eigenvalue weighted by molar-refractivity contribution is 5.39. The number of methoxy groups -OCH3 is 2. The molecule has 6 heteroatoms. The first-order valence-corrected chi connectivity index (χ1v) is 5.88. The lowest BCUT2D eigenvalue weighted by Gasteiger charge is -2.07. The van der Waals surface area contributed by atoms with Gasteiger partial charge in [0.2, 0.25) is 0 Å². The number of hydrogen-bond acceptors (Lipinski definition) is 5. The molecule has 0 radical (unpaired) electrons. The maximum atomic E-state index is 9.24. The first-order valence-electron chi connectivity index (χ1n) is 5.88. The third-order valence-electron chi connectivity index (χ3n) is 2.85. The van der Waals surface area contributed by atoms with E-state index in [9.17, 15) is 5.21 Å². The fourth-order valence-electron chi connectivity index (χ4n) is 1.84. The third kappa shape index (κ3) is 3.09. The zero-order chi connectivity index (χ0) is 13.8. The standard InChI is InChI=1S/C13H17N3O3/c1-18-11-5-9(6-12(8-11)19-2)3-4-10-7-13(14)16(17)15-10/h5-8,17H,3-4,14H2,1-2H3. The molecule has 0 bridgehead atoms. The molecule has 0 aliphatic heterocycles. The minimum absolute atomic E-state index is 0.234. The summed E-state index contributed by atoms with van der Waals surface area (Å²) in [7, 11) is 3.24. The molecular formula is C13H17N3O3. The smallest absolute Gasteiger partial charge is 0.163 e. The maximum absolute atomic E-state index is 9.24. The quantitative estimate of drug-likeness (QED) is 0.799. The van der Waals surface area contributed by atoms with Crippen LogP contribution in [-0.2, 0) is 12.8 Å². The summed E-state index contributed by atoms with van der Waals surface area (Å²) in [6, 6.07) is 7.37. The van der Waals surface area contributed by atoms with Crippen molar-refractivity contribution in [1.82, 2.24) is 9.94 Å². The van der Waals surface area contributed by atoms with Crippen molar-refractivity contribution in [2.24, 2.45) is 0 Å². The van der Waals surface area contributed by atoms with Gasteiger partial charge in [-0.3, -0.25) is 0 Å². The molecular weight excluding hydrogens is 246 g/mol. The highest BCUT2D eigenvalue weighted by atomic mass is 16.5. The van der Waals surface area contributed by atoms with Crippen LogP contribution >= 0.6 is 0 Å². The summed E-state index contributed by atoms with van der Waals surface area (Å²) in [4.78, 5) is 0.682. The Morgan fingerprint density at radius 2 is 1.74 bits per heavy atom. The minimum Gasteiger partial charge on any atom is -0.497 e. The van der Waals surface area contributed by atoms with Crippen molar-refractivity contribution < 1.29 is 14.7 Å². The van der Waals surface area contributed by atoms with E-state index in [0.29, 0.717) is 11.3 Å². The minimum atomic E-state index is 0.234. The van der Waals surface area contributed by atoms with Gasteiger partial charge in [0.1, 0.15) is 11.5 Å². The Hall–Kier alpha value is -2.37. The lowest BCUT2D eigenvalue weighted by atomic mass is 10.1. The number of nitrogens with two attached hydrogens (primary N) is 1. The SMILES string of the molecule is COc1cc(CCc2cc(N)n(O)n2)cc(OC)c1. The van der Waals surface area contributed by atoms with Crippen molar-refractivity contribution in [1.29, 1.82) is 0 Å². The summed E-state index contributed by atoms with van der Waals surface area (Å²) in [6.45, 7) is 0. The Morgan fingerprint density at radius 1 is 1.11 bits per heavy atom. The Labute approximate surface area is 111 Å². The van der Waals surface area contributed by atoms with E-state index in [1.165, 1.54) is 0 Å². The molecule has 19 heavy (non-hydrogen) atoms. The van der Waals surface area contributed by atoms with Gasteiger partial charge >= 0.3 is 0 Å². The van der Waals surface area contributed by atoms with E-state index in [4.69, 9.17) is 15.2 Å². The molecule has 3 N–H and O–H groups in total. The number of nitrogens with zero attached hydrogens (tertiary/aromatic N) is 2. The summed E-state index contributed by atoms with van der Waals surface area (Å²) in [5, 5.41) is 13.1. The summed E-state index contributed by atoms with van der Waals surface area (Å²) >= 11 is 0. The van der Waals surface area contributed by atoms with Crippen LogP contribution in [-0.4, -0.2) is 29.4 Å². The van der Waals surface area contributed by atoms with Crippen molar-refractivity contribution in [3.63, 3.8) is 0 Å². The van der Waals surface area contributed by atoms with Crippen LogP contribution in [0.1, 0.15) is 11.3 Å². The Balaban J connectivity index is 2.10. The Kier molecular flexibility index (Phi) is 3.79. The summed E-state index contributed by atoms with van der Waals surface area (Å²) < 4.78 is 10.4. The fraction of sp³-hybridized carbons (Fsp3) is 0.308. The lowest BCUT2D eigenvalue weighted by Crippen LogP contribution is -1.99. The molecule has 0 fully saturated rings. The normalized spacial score (nSPS) is 10.4. The molecule has 0 unspecified atom stereocenters. The van der Waals surface area contributed by atoms with Gasteiger partial charge in [0.05, 0.1) is 19.9 Å². The molecule has 0 saturated heterocycles. The Morgan fingerprint density at radius 3 is 2.21 bits per heavy atom. The van der Waals surface area contributed by atoms with Crippen LogP contribution in [0.2, 0.25) is 0 Å². The van der Waals surface area contributed by atoms with E-state index >= 15 is 0 Å². The van der Waals surface area contributed by atoms with Crippen LogP contribution in [0.5, 0.6) is 11.5 Å². The highest BCUT2D eigenvalue weighted by Gasteiger charge is 2.06. The predicted molar refractivity (Wildman–Crippen MR) is 70.8 cm³/mol. The van der Waals surface area contributed by atoms with E-state index in [2.05, 4.69) is 5.10 Å². The van der Waals surface area contributed by atoms with E-state index in [0.717, 1.165) is 29.2 Å². The van der Waals surface area contributed by atoms with Crippen LogP contribution in [0.25, 0.3) is 0 Å². The van der Waals surface area contributed by atoms with E-state index < -0.39 is 0 Å². The number of anilines is 1. The molecule has 1 aromatic heterocycles. The topological polar surface area (TPSA) is 82.5 Å². The van der Waals surface area contributed by atoms with Gasteiger partial charge in [-0.25, -0.2) is 0 Å². The molecule has 2 rings (SSSR count). The van der Waals surface area contributed by atoms with Crippen molar-refractivity contribution >= 4 is 5.82 Å². The van der Waals surface area contributed by atoms with Gasteiger partial charge in [-0.2, -0.15) is 0 Å². The number of benzene rings is 1. The number of hydrogen-bond donors (Lipinski definition) is 2. The van der Waals surface area contributed by atoms with Gasteiger partial charge < -0.3 is 20.4 Å². The van der Waals surface area contributed by atoms with E-state index in [1.54, 1.807) is 20.3 Å². The number of aryl methyl sites for hydroxylation is 2. The number of rotatable bonds is 5. The zero-order valence-corrected chi connectivity index (χ0v) is 11.0. The maximum Gasteiger partial charge on any atom is 0.163 e. The van der Waals surface area contributed by atoms with Crippen LogP contribution < -0.4 is 15.2 Å². The van der Waals surface area contributed by atoms with Crippen LogP contribution in [0.4, 0.5) is 5.82 Å². The van der Waals surface area contributed by atoms with E-state index in [1.807, 2.05) is 18.2 Å².